The number of Topliss-reactive ketones (excluding diaryl/α,β-unsaturated/α-hetero) is 1. The Morgan fingerprint density at radius 2 is 1.91 bits per heavy atom. The molecule has 0 aromatic rings. The highest BCUT2D eigenvalue weighted by Crippen LogP contribution is 2.65. The van der Waals surface area contributed by atoms with Gasteiger partial charge in [0.15, 0.2) is 5.78 Å². The lowest BCUT2D eigenvalue weighted by atomic mass is 9.70. The smallest absolute Gasteiger partial charge is 0.215 e. The molecule has 2 aliphatic carbocycles. The topological polar surface area (TPSA) is 58.9 Å². The Labute approximate surface area is 148 Å². The summed E-state index contributed by atoms with van der Waals surface area (Å²) in [6, 6.07) is 0. The number of hydrogen-bond donors (Lipinski definition) is 1. The average molecular weight is 408 g/mol. The molecule has 132 valence electrons. The molecule has 0 radical (unpaired) electrons. The molecule has 23 heavy (non-hydrogen) atoms. The van der Waals surface area contributed by atoms with Crippen LogP contribution in [0.25, 0.3) is 0 Å². The van der Waals surface area contributed by atoms with E-state index < -0.39 is 20.9 Å². The van der Waals surface area contributed by atoms with Crippen molar-refractivity contribution in [3.63, 3.8) is 0 Å². The maximum absolute atomic E-state index is 13.0. The van der Waals surface area contributed by atoms with Crippen LogP contribution < -0.4 is 4.90 Å². The second-order valence-electron chi connectivity index (χ2n) is 7.92. The normalized spacial score (nSPS) is 42.5. The van der Waals surface area contributed by atoms with Gasteiger partial charge in [-0.3, -0.25) is 4.79 Å². The number of fused-ring (bicyclic) bond motifs is 2. The highest BCUT2D eigenvalue weighted by Gasteiger charge is 2.68. The number of likely N-dealkylation sites (N-methyl/N-ethyl adjacent to an activating group) is 1. The molecule has 1 heterocycles. The lowest BCUT2D eigenvalue weighted by Crippen LogP contribution is -3.14. The Hall–Kier alpha value is 0.0200. The van der Waals surface area contributed by atoms with Crippen molar-refractivity contribution >= 4 is 31.7 Å². The van der Waals surface area contributed by atoms with E-state index in [2.05, 4.69) is 22.9 Å². The van der Waals surface area contributed by atoms with Crippen molar-refractivity contribution in [1.82, 2.24) is 4.31 Å². The third-order valence-electron chi connectivity index (χ3n) is 6.99. The van der Waals surface area contributed by atoms with E-state index in [1.54, 1.807) is 4.31 Å². The zero-order valence-electron chi connectivity index (χ0n) is 14.3. The van der Waals surface area contributed by atoms with Crippen molar-refractivity contribution in [3.8, 4) is 0 Å². The predicted octanol–water partition coefficient (Wildman–Crippen LogP) is 0.305. The van der Waals surface area contributed by atoms with E-state index in [1.165, 1.54) is 4.90 Å². The average Bonchev–Trinajstić information content (AvgIpc) is 2.83. The van der Waals surface area contributed by atoms with E-state index in [4.69, 9.17) is 0 Å². The third kappa shape index (κ3) is 2.53. The molecule has 1 saturated heterocycles. The van der Waals surface area contributed by atoms with E-state index >= 15 is 0 Å². The summed E-state index contributed by atoms with van der Waals surface area (Å²) in [5.41, 5.74) is -0.957. The number of carbonyl (C=O) groups is 1. The van der Waals surface area contributed by atoms with Gasteiger partial charge >= 0.3 is 0 Å². The zero-order chi connectivity index (χ0) is 17.0. The summed E-state index contributed by atoms with van der Waals surface area (Å²) in [6.07, 6.45) is 1.76. The van der Waals surface area contributed by atoms with Gasteiger partial charge in [0.05, 0.1) is 43.3 Å². The van der Waals surface area contributed by atoms with Gasteiger partial charge in [-0.2, -0.15) is 4.31 Å². The summed E-state index contributed by atoms with van der Waals surface area (Å²) < 4.78 is 27.7. The van der Waals surface area contributed by atoms with Crippen LogP contribution in [-0.4, -0.2) is 61.8 Å². The minimum atomic E-state index is -3.32. The molecule has 4 atom stereocenters. The molecular weight excluding hydrogens is 380 g/mol. The van der Waals surface area contributed by atoms with Gasteiger partial charge in [0.2, 0.25) is 10.0 Å². The van der Waals surface area contributed by atoms with Gasteiger partial charge < -0.3 is 4.90 Å². The van der Waals surface area contributed by atoms with Crippen LogP contribution in [0.4, 0.5) is 0 Å². The summed E-state index contributed by atoms with van der Waals surface area (Å²) in [5, 5.41) is 0. The molecule has 5 nitrogen and oxygen atoms in total. The van der Waals surface area contributed by atoms with Gasteiger partial charge in [-0.25, -0.2) is 8.42 Å². The van der Waals surface area contributed by atoms with Crippen LogP contribution in [0, 0.1) is 16.7 Å². The molecule has 3 rings (SSSR count). The van der Waals surface area contributed by atoms with Gasteiger partial charge in [-0.1, -0.05) is 29.8 Å². The Kier molecular flexibility index (Phi) is 4.48. The first kappa shape index (κ1) is 17.8. The van der Waals surface area contributed by atoms with Crippen molar-refractivity contribution < 1.29 is 18.1 Å². The van der Waals surface area contributed by atoms with Gasteiger partial charge in [-0.05, 0) is 31.1 Å². The number of quaternary nitrogens is 1. The van der Waals surface area contributed by atoms with E-state index in [0.29, 0.717) is 13.1 Å². The molecule has 3 aliphatic rings. The molecule has 0 aromatic heterocycles. The first-order valence-electron chi connectivity index (χ1n) is 8.65. The number of hydrogen-bond acceptors (Lipinski definition) is 3. The van der Waals surface area contributed by atoms with Crippen LogP contribution in [0.3, 0.4) is 0 Å². The number of ketones is 1. The number of nitrogens with zero attached hydrogens (tertiary/aromatic N) is 1. The number of carbonyl (C=O) groups excluding carboxylic acids is 1. The second-order valence-corrected chi connectivity index (χ2v) is 10.9. The Bertz CT molecular complexity index is 602. The minimum Gasteiger partial charge on any atom is -0.333 e. The summed E-state index contributed by atoms with van der Waals surface area (Å²) in [5.74, 6) is 0.445. The predicted molar refractivity (Wildman–Crippen MR) is 93.3 cm³/mol. The van der Waals surface area contributed by atoms with E-state index in [9.17, 15) is 13.2 Å². The van der Waals surface area contributed by atoms with Crippen molar-refractivity contribution in [2.45, 2.75) is 38.4 Å². The SMILES string of the molecule is CC[NH+]1CCN(S(=O)(=O)C[C@]2(C)[C@@H]3CC[C@@]2(C)C(=O)[C@@H]3Br)CC1. The molecule has 7 heteroatoms. The molecule has 0 spiro atoms. The third-order valence-corrected chi connectivity index (χ3v) is 10.2. The van der Waals surface area contributed by atoms with Crippen molar-refractivity contribution in [3.05, 3.63) is 0 Å². The zero-order valence-corrected chi connectivity index (χ0v) is 16.7. The first-order valence-corrected chi connectivity index (χ1v) is 11.2. The summed E-state index contributed by atoms with van der Waals surface area (Å²) in [4.78, 5) is 13.9. The largest absolute Gasteiger partial charge is 0.333 e. The summed E-state index contributed by atoms with van der Waals surface area (Å²) in [6.45, 7) is 10.2. The lowest BCUT2D eigenvalue weighted by Gasteiger charge is -2.39. The van der Waals surface area contributed by atoms with Gasteiger partial charge in [-0.15, -0.1) is 0 Å². The maximum atomic E-state index is 13.0. The van der Waals surface area contributed by atoms with Crippen molar-refractivity contribution in [1.29, 1.82) is 0 Å². The lowest BCUT2D eigenvalue weighted by molar-refractivity contribution is -0.901. The number of rotatable bonds is 4. The molecule has 0 aromatic carbocycles. The number of nitrogens with one attached hydrogen (secondary N) is 1. The van der Waals surface area contributed by atoms with Gasteiger partial charge in [0.25, 0.3) is 0 Å². The van der Waals surface area contributed by atoms with E-state index in [1.807, 2.05) is 13.8 Å². The minimum absolute atomic E-state index is 0.108. The molecule has 1 aliphatic heterocycles. The molecule has 3 fully saturated rings. The fourth-order valence-corrected chi connectivity index (χ4v) is 8.55. The molecule has 2 bridgehead atoms. The molecule has 2 saturated carbocycles. The first-order chi connectivity index (χ1) is 10.7. The summed E-state index contributed by atoms with van der Waals surface area (Å²) >= 11 is 3.53. The van der Waals surface area contributed by atoms with Crippen LogP contribution >= 0.6 is 15.9 Å². The number of alkyl halides is 1. The number of halogens is 1. The molecule has 0 unspecified atom stereocenters. The molecule has 1 N–H and O–H groups in total. The van der Waals surface area contributed by atoms with Gasteiger partial charge in [0.1, 0.15) is 0 Å². The standard InChI is InChI=1S/C16H27BrN2O3S/c1-4-18-7-9-19(10-8-18)23(21,22)11-16(3)12-5-6-15(16,2)14(20)13(12)17/h12-13H,4-11H2,1-3H3/p+1/t12-,13-,15+,16-/m1/s1. The maximum Gasteiger partial charge on any atom is 0.215 e. The van der Waals surface area contributed by atoms with Crippen LogP contribution in [0.15, 0.2) is 0 Å². The Morgan fingerprint density at radius 1 is 1.30 bits per heavy atom. The highest BCUT2D eigenvalue weighted by atomic mass is 79.9. The van der Waals surface area contributed by atoms with Crippen LogP contribution in [0.5, 0.6) is 0 Å². The van der Waals surface area contributed by atoms with Crippen LogP contribution in [0.1, 0.15) is 33.6 Å². The number of piperazine rings is 1. The monoisotopic (exact) mass is 407 g/mol. The number of sulfonamides is 1. The Morgan fingerprint density at radius 3 is 2.39 bits per heavy atom. The van der Waals surface area contributed by atoms with E-state index in [-0.39, 0.29) is 22.3 Å². The Balaban J connectivity index is 1.80. The van der Waals surface area contributed by atoms with Gasteiger partial charge in [0, 0.05) is 5.41 Å². The van der Waals surface area contributed by atoms with Crippen molar-refractivity contribution in [2.24, 2.45) is 16.7 Å². The second kappa shape index (κ2) is 5.78. The van der Waals surface area contributed by atoms with E-state index in [0.717, 1.165) is 32.5 Å². The quantitative estimate of drug-likeness (QED) is 0.682. The molecular formula is C16H28BrN2O3S+. The fraction of sp³-hybridized carbons (Fsp3) is 0.938. The highest BCUT2D eigenvalue weighted by molar-refractivity contribution is 9.10. The summed E-state index contributed by atoms with van der Waals surface area (Å²) in [7, 11) is -3.32. The molecule has 0 amide bonds. The fourth-order valence-electron chi connectivity index (χ4n) is 4.99. The van der Waals surface area contributed by atoms with Crippen LogP contribution in [0.2, 0.25) is 0 Å². The van der Waals surface area contributed by atoms with Crippen molar-refractivity contribution in [2.75, 3.05) is 38.5 Å². The van der Waals surface area contributed by atoms with Crippen LogP contribution in [-0.2, 0) is 14.8 Å².